The van der Waals surface area contributed by atoms with E-state index in [4.69, 9.17) is 0 Å². The molecule has 1 N–H and O–H groups in total. The van der Waals surface area contributed by atoms with Gasteiger partial charge in [0, 0.05) is 16.7 Å². The second-order valence-electron chi connectivity index (χ2n) is 4.03. The van der Waals surface area contributed by atoms with Crippen LogP contribution in [0.5, 0.6) is 0 Å². The van der Waals surface area contributed by atoms with Crippen molar-refractivity contribution in [2.24, 2.45) is 0 Å². The zero-order valence-corrected chi connectivity index (χ0v) is 10.1. The molecule has 4 heteroatoms. The molecule has 0 spiro atoms. The fraction of sp³-hybridized carbons (Fsp3) is 0.500. The Hall–Kier alpha value is -0.740. The maximum absolute atomic E-state index is 13.1. The van der Waals surface area contributed by atoms with E-state index in [9.17, 15) is 8.60 Å². The first-order valence-corrected chi connectivity index (χ1v) is 6.95. The first-order valence-electron chi connectivity index (χ1n) is 5.63. The van der Waals surface area contributed by atoms with E-state index in [1.54, 1.807) is 6.07 Å². The van der Waals surface area contributed by atoms with Gasteiger partial charge in [-0.3, -0.25) is 4.21 Å². The predicted molar refractivity (Wildman–Crippen MR) is 63.3 cm³/mol. The van der Waals surface area contributed by atoms with Gasteiger partial charge in [0.25, 0.3) is 0 Å². The summed E-state index contributed by atoms with van der Waals surface area (Å²) in [6, 6.07) is 4.84. The topological polar surface area (TPSA) is 29.1 Å². The predicted octanol–water partition coefficient (Wildman–Crippen LogP) is 2.38. The van der Waals surface area contributed by atoms with Crippen LogP contribution in [-0.4, -0.2) is 16.5 Å². The zero-order chi connectivity index (χ0) is 11.5. The summed E-state index contributed by atoms with van der Waals surface area (Å²) < 4.78 is 24.9. The third-order valence-corrected chi connectivity index (χ3v) is 4.28. The molecule has 1 aliphatic heterocycles. The molecule has 1 aliphatic rings. The van der Waals surface area contributed by atoms with Crippen LogP contribution in [0, 0.1) is 5.82 Å². The van der Waals surface area contributed by atoms with Crippen LogP contribution in [0.15, 0.2) is 23.1 Å². The van der Waals surface area contributed by atoms with Gasteiger partial charge in [0.1, 0.15) is 5.82 Å². The monoisotopic (exact) mass is 241 g/mol. The molecule has 1 aromatic carbocycles. The largest absolute Gasteiger partial charge is 0.310 e. The lowest BCUT2D eigenvalue weighted by Crippen LogP contribution is -2.28. The molecule has 16 heavy (non-hydrogen) atoms. The van der Waals surface area contributed by atoms with Gasteiger partial charge < -0.3 is 5.32 Å². The molecule has 2 unspecified atom stereocenters. The van der Waals surface area contributed by atoms with Crippen LogP contribution in [0.1, 0.15) is 31.4 Å². The smallest absolute Gasteiger partial charge is 0.124 e. The molecular formula is C12H16FNOS. The highest BCUT2D eigenvalue weighted by Gasteiger charge is 2.24. The van der Waals surface area contributed by atoms with Crippen molar-refractivity contribution in [3.05, 3.63) is 29.6 Å². The van der Waals surface area contributed by atoms with Crippen molar-refractivity contribution in [1.82, 2.24) is 5.32 Å². The molecule has 1 heterocycles. The number of halogens is 1. The van der Waals surface area contributed by atoms with E-state index in [-0.39, 0.29) is 11.9 Å². The van der Waals surface area contributed by atoms with Crippen LogP contribution < -0.4 is 5.32 Å². The van der Waals surface area contributed by atoms with Crippen molar-refractivity contribution in [3.8, 4) is 0 Å². The molecule has 0 fully saturated rings. The molecule has 2 rings (SSSR count). The number of benzene rings is 1. The Bertz CT molecular complexity index is 408. The molecule has 2 atom stereocenters. The van der Waals surface area contributed by atoms with Gasteiger partial charge >= 0.3 is 0 Å². The fourth-order valence-corrected chi connectivity index (χ4v) is 3.40. The van der Waals surface area contributed by atoms with Gasteiger partial charge in [0.05, 0.1) is 10.8 Å². The summed E-state index contributed by atoms with van der Waals surface area (Å²) in [6.07, 6.45) is 1.93. The van der Waals surface area contributed by atoms with E-state index < -0.39 is 10.8 Å². The van der Waals surface area contributed by atoms with Crippen LogP contribution >= 0.6 is 0 Å². The van der Waals surface area contributed by atoms with Crippen molar-refractivity contribution in [1.29, 1.82) is 0 Å². The molecule has 0 radical (unpaired) electrons. The summed E-state index contributed by atoms with van der Waals surface area (Å²) >= 11 is 0. The van der Waals surface area contributed by atoms with Crippen molar-refractivity contribution in [2.75, 3.05) is 12.3 Å². The number of fused-ring (bicyclic) bond motifs is 1. The third kappa shape index (κ3) is 2.33. The lowest BCUT2D eigenvalue weighted by molar-refractivity contribution is 0.501. The van der Waals surface area contributed by atoms with E-state index in [0.717, 1.165) is 24.9 Å². The summed E-state index contributed by atoms with van der Waals surface area (Å²) in [4.78, 5) is 0.667. The van der Waals surface area contributed by atoms with Gasteiger partial charge in [-0.1, -0.05) is 13.0 Å². The molecule has 0 saturated heterocycles. The lowest BCUT2D eigenvalue weighted by atomic mass is 10.0. The molecule has 0 bridgehead atoms. The first kappa shape index (κ1) is 11.7. The Morgan fingerprint density at radius 2 is 2.38 bits per heavy atom. The molecule has 0 aromatic heterocycles. The van der Waals surface area contributed by atoms with E-state index in [1.807, 2.05) is 0 Å². The number of rotatable bonds is 3. The summed E-state index contributed by atoms with van der Waals surface area (Å²) in [7, 11) is -1.03. The highest BCUT2D eigenvalue weighted by molar-refractivity contribution is 7.85. The standard InChI is InChI=1S/C12H16FNOS/c1-2-6-14-11-5-7-16(15)12-8-9(13)3-4-10(11)12/h3-4,8,11,14H,2,5-7H2,1H3. The SMILES string of the molecule is CCCNC1CCS(=O)c2cc(F)ccc21. The first-order chi connectivity index (χ1) is 7.72. The van der Waals surface area contributed by atoms with Crippen LogP contribution in [0.3, 0.4) is 0 Å². The molecule has 0 amide bonds. The lowest BCUT2D eigenvalue weighted by Gasteiger charge is -2.25. The van der Waals surface area contributed by atoms with Gasteiger partial charge in [-0.25, -0.2) is 4.39 Å². The zero-order valence-electron chi connectivity index (χ0n) is 9.33. The van der Waals surface area contributed by atoms with E-state index in [2.05, 4.69) is 12.2 Å². The van der Waals surface area contributed by atoms with Crippen LogP contribution in [0.4, 0.5) is 4.39 Å². The van der Waals surface area contributed by atoms with E-state index >= 15 is 0 Å². The Labute approximate surface area is 97.7 Å². The third-order valence-electron chi connectivity index (χ3n) is 2.83. The highest BCUT2D eigenvalue weighted by atomic mass is 32.2. The van der Waals surface area contributed by atoms with Crippen LogP contribution in [0.2, 0.25) is 0 Å². The minimum absolute atomic E-state index is 0.230. The van der Waals surface area contributed by atoms with Gasteiger partial charge in [0.15, 0.2) is 0 Å². The normalized spacial score (nSPS) is 24.1. The molecule has 88 valence electrons. The van der Waals surface area contributed by atoms with Crippen LogP contribution in [0.25, 0.3) is 0 Å². The summed E-state index contributed by atoms with van der Waals surface area (Å²) in [5.74, 6) is 0.320. The average molecular weight is 241 g/mol. The quantitative estimate of drug-likeness (QED) is 0.880. The molecule has 0 aliphatic carbocycles. The second kappa shape index (κ2) is 5.06. The van der Waals surface area contributed by atoms with E-state index in [1.165, 1.54) is 12.1 Å². The summed E-state index contributed by atoms with van der Waals surface area (Å²) in [5.41, 5.74) is 0.999. The maximum atomic E-state index is 13.1. The Balaban J connectivity index is 2.29. The Morgan fingerprint density at radius 3 is 3.12 bits per heavy atom. The number of nitrogens with one attached hydrogen (secondary N) is 1. The maximum Gasteiger partial charge on any atom is 0.124 e. The van der Waals surface area contributed by atoms with Crippen molar-refractivity contribution in [3.63, 3.8) is 0 Å². The van der Waals surface area contributed by atoms with Gasteiger partial charge in [-0.15, -0.1) is 0 Å². The summed E-state index contributed by atoms with van der Waals surface area (Å²) in [6.45, 7) is 3.05. The Morgan fingerprint density at radius 1 is 1.56 bits per heavy atom. The second-order valence-corrected chi connectivity index (χ2v) is 5.57. The van der Waals surface area contributed by atoms with Gasteiger partial charge in [0.2, 0.25) is 0 Å². The van der Waals surface area contributed by atoms with Crippen LogP contribution in [-0.2, 0) is 10.8 Å². The van der Waals surface area contributed by atoms with E-state index in [0.29, 0.717) is 10.6 Å². The highest BCUT2D eigenvalue weighted by Crippen LogP contribution is 2.30. The van der Waals surface area contributed by atoms with Crippen molar-refractivity contribution in [2.45, 2.75) is 30.7 Å². The average Bonchev–Trinajstić information content (AvgIpc) is 2.29. The van der Waals surface area contributed by atoms with Gasteiger partial charge in [-0.05, 0) is 37.1 Å². The molecule has 1 aromatic rings. The van der Waals surface area contributed by atoms with Crippen molar-refractivity contribution < 1.29 is 8.60 Å². The molecular weight excluding hydrogens is 225 g/mol. The molecule has 0 saturated carbocycles. The summed E-state index contributed by atoms with van der Waals surface area (Å²) in [5, 5.41) is 3.41. The molecule has 2 nitrogen and oxygen atoms in total. The Kier molecular flexibility index (Phi) is 3.71. The minimum atomic E-state index is -1.03. The van der Waals surface area contributed by atoms with Crippen molar-refractivity contribution >= 4 is 10.8 Å². The minimum Gasteiger partial charge on any atom is -0.310 e. The fourth-order valence-electron chi connectivity index (χ4n) is 2.01. The van der Waals surface area contributed by atoms with Gasteiger partial charge in [-0.2, -0.15) is 0 Å². The number of hydrogen-bond donors (Lipinski definition) is 1. The number of hydrogen-bond acceptors (Lipinski definition) is 2.